The van der Waals surface area contributed by atoms with Crippen LogP contribution in [0.1, 0.15) is 36.4 Å². The molecule has 0 amide bonds. The van der Waals surface area contributed by atoms with Crippen LogP contribution in [-0.2, 0) is 9.59 Å². The molecule has 2 bridgehead atoms. The molecule has 24 heavy (non-hydrogen) atoms. The molecule has 4 heteroatoms. The van der Waals surface area contributed by atoms with Crippen molar-refractivity contribution in [1.82, 2.24) is 4.98 Å². The third-order valence-electron chi connectivity index (χ3n) is 5.42. The third-order valence-corrected chi connectivity index (χ3v) is 5.67. The maximum atomic E-state index is 12.8. The number of fused-ring (bicyclic) bond motifs is 2. The average Bonchev–Trinajstić information content (AvgIpc) is 3.03. The van der Waals surface area contributed by atoms with E-state index in [1.807, 2.05) is 37.3 Å². The molecule has 1 aromatic heterocycles. The number of aromatic nitrogens is 1. The lowest BCUT2D eigenvalue weighted by atomic mass is 9.74. The predicted octanol–water partition coefficient (Wildman–Crippen LogP) is 4.36. The molecule has 2 atom stereocenters. The third kappa shape index (κ3) is 2.48. The normalized spacial score (nSPS) is 26.0. The summed E-state index contributed by atoms with van der Waals surface area (Å²) in [6, 6.07) is 9.46. The Balaban J connectivity index is 1.78. The Morgan fingerprint density at radius 1 is 1.00 bits per heavy atom. The summed E-state index contributed by atoms with van der Waals surface area (Å²) >= 11 is 5.95. The van der Waals surface area contributed by atoms with Crippen molar-refractivity contribution in [2.75, 3.05) is 0 Å². The fraction of sp³-hybridized carbons (Fsp3) is 0.350. The fourth-order valence-corrected chi connectivity index (χ4v) is 4.19. The lowest BCUT2D eigenvalue weighted by molar-refractivity contribution is -0.135. The monoisotopic (exact) mass is 339 g/mol. The molecule has 2 aliphatic rings. The van der Waals surface area contributed by atoms with Crippen molar-refractivity contribution in [2.45, 2.75) is 32.1 Å². The van der Waals surface area contributed by atoms with Gasteiger partial charge in [-0.15, -0.1) is 0 Å². The predicted molar refractivity (Wildman–Crippen MR) is 93.0 cm³/mol. The number of benzene rings is 1. The molecule has 2 aromatic rings. The Hall–Kier alpha value is -2.00. The number of pyridine rings is 1. The summed E-state index contributed by atoms with van der Waals surface area (Å²) in [7, 11) is 0. The SMILES string of the molecule is Cc1ncc(-c2ccc(Cl)cc2)cc1C1C(=O)C2CCC(C2)C1=O. The minimum absolute atomic E-state index is 0.0521. The lowest BCUT2D eigenvalue weighted by Crippen LogP contribution is -2.35. The zero-order chi connectivity index (χ0) is 16.8. The molecule has 122 valence electrons. The van der Waals surface area contributed by atoms with Crippen LogP contribution in [0.2, 0.25) is 5.02 Å². The largest absolute Gasteiger partial charge is 0.298 e. The van der Waals surface area contributed by atoms with Gasteiger partial charge in [0, 0.05) is 34.3 Å². The minimum Gasteiger partial charge on any atom is -0.298 e. The summed E-state index contributed by atoms with van der Waals surface area (Å²) in [6.45, 7) is 1.87. The molecule has 4 rings (SSSR count). The molecule has 2 fully saturated rings. The molecule has 0 radical (unpaired) electrons. The van der Waals surface area contributed by atoms with Gasteiger partial charge in [0.1, 0.15) is 5.92 Å². The topological polar surface area (TPSA) is 47.0 Å². The van der Waals surface area contributed by atoms with Gasteiger partial charge >= 0.3 is 0 Å². The summed E-state index contributed by atoms with van der Waals surface area (Å²) in [5.41, 5.74) is 3.42. The summed E-state index contributed by atoms with van der Waals surface area (Å²) in [5, 5.41) is 0.674. The van der Waals surface area contributed by atoms with Crippen LogP contribution in [-0.4, -0.2) is 16.6 Å². The molecule has 0 saturated heterocycles. The number of hydrogen-bond acceptors (Lipinski definition) is 3. The number of rotatable bonds is 2. The first-order valence-electron chi connectivity index (χ1n) is 8.34. The summed E-state index contributed by atoms with van der Waals surface area (Å²) < 4.78 is 0. The Morgan fingerprint density at radius 2 is 1.62 bits per heavy atom. The van der Waals surface area contributed by atoms with E-state index in [1.54, 1.807) is 6.20 Å². The Morgan fingerprint density at radius 3 is 2.25 bits per heavy atom. The number of carbonyl (C=O) groups excluding carboxylic acids is 2. The summed E-state index contributed by atoms with van der Waals surface area (Å²) in [4.78, 5) is 30.0. The number of nitrogens with zero attached hydrogens (tertiary/aromatic N) is 1. The van der Waals surface area contributed by atoms with Crippen molar-refractivity contribution in [3.63, 3.8) is 0 Å². The van der Waals surface area contributed by atoms with E-state index in [-0.39, 0.29) is 23.4 Å². The first kappa shape index (κ1) is 15.5. The zero-order valence-electron chi connectivity index (χ0n) is 13.5. The molecule has 2 aliphatic carbocycles. The first-order valence-corrected chi connectivity index (χ1v) is 8.72. The number of ketones is 2. The lowest BCUT2D eigenvalue weighted by Gasteiger charge is -2.26. The van der Waals surface area contributed by atoms with Gasteiger partial charge in [-0.1, -0.05) is 23.7 Å². The van der Waals surface area contributed by atoms with E-state index >= 15 is 0 Å². The fourth-order valence-electron chi connectivity index (χ4n) is 4.06. The average molecular weight is 340 g/mol. The number of Topliss-reactive ketones (excluding diaryl/α,β-unsaturated/α-hetero) is 2. The molecular weight excluding hydrogens is 322 g/mol. The highest BCUT2D eigenvalue weighted by Crippen LogP contribution is 2.44. The van der Waals surface area contributed by atoms with Crippen molar-refractivity contribution in [2.24, 2.45) is 11.8 Å². The Kier molecular flexibility index (Phi) is 3.76. The second-order valence-electron chi connectivity index (χ2n) is 6.85. The van der Waals surface area contributed by atoms with E-state index in [2.05, 4.69) is 4.98 Å². The van der Waals surface area contributed by atoms with Gasteiger partial charge in [0.15, 0.2) is 11.6 Å². The second kappa shape index (κ2) is 5.82. The van der Waals surface area contributed by atoms with Crippen LogP contribution >= 0.6 is 11.6 Å². The van der Waals surface area contributed by atoms with Gasteiger partial charge in [-0.05, 0) is 55.5 Å². The van der Waals surface area contributed by atoms with Crippen LogP contribution in [0, 0.1) is 18.8 Å². The number of halogens is 1. The standard InChI is InChI=1S/C20H18ClNO2/c1-11-17(18-19(23)13-2-3-14(8-13)20(18)24)9-15(10-22-11)12-4-6-16(21)7-5-12/h4-7,9-10,13-14,18H,2-3,8H2,1H3. The van der Waals surface area contributed by atoms with E-state index in [1.165, 1.54) is 0 Å². The van der Waals surface area contributed by atoms with E-state index < -0.39 is 5.92 Å². The van der Waals surface area contributed by atoms with Crippen LogP contribution in [0.3, 0.4) is 0 Å². The molecule has 2 saturated carbocycles. The Labute approximate surface area is 146 Å². The smallest absolute Gasteiger partial charge is 0.150 e. The highest BCUT2D eigenvalue weighted by atomic mass is 35.5. The summed E-state index contributed by atoms with van der Waals surface area (Å²) in [5.74, 6) is -0.345. The van der Waals surface area contributed by atoms with E-state index in [9.17, 15) is 9.59 Å². The quantitative estimate of drug-likeness (QED) is 0.764. The molecule has 2 unspecified atom stereocenters. The van der Waals surface area contributed by atoms with Gasteiger partial charge < -0.3 is 0 Å². The minimum atomic E-state index is -0.629. The maximum Gasteiger partial charge on any atom is 0.150 e. The van der Waals surface area contributed by atoms with Gasteiger partial charge in [-0.3, -0.25) is 14.6 Å². The van der Waals surface area contributed by atoms with Crippen molar-refractivity contribution >= 4 is 23.2 Å². The van der Waals surface area contributed by atoms with Gasteiger partial charge in [-0.25, -0.2) is 0 Å². The molecule has 0 N–H and O–H groups in total. The highest BCUT2D eigenvalue weighted by molar-refractivity contribution is 6.30. The molecule has 1 heterocycles. The van der Waals surface area contributed by atoms with E-state index in [4.69, 9.17) is 11.6 Å². The highest BCUT2D eigenvalue weighted by Gasteiger charge is 2.47. The zero-order valence-corrected chi connectivity index (χ0v) is 14.2. The van der Waals surface area contributed by atoms with Crippen molar-refractivity contribution < 1.29 is 9.59 Å². The van der Waals surface area contributed by atoms with Crippen LogP contribution in [0.4, 0.5) is 0 Å². The molecule has 3 nitrogen and oxygen atoms in total. The van der Waals surface area contributed by atoms with E-state index in [0.717, 1.165) is 41.6 Å². The molecule has 1 aromatic carbocycles. The van der Waals surface area contributed by atoms with Gasteiger partial charge in [0.2, 0.25) is 0 Å². The maximum absolute atomic E-state index is 12.8. The van der Waals surface area contributed by atoms with Crippen molar-refractivity contribution in [3.8, 4) is 11.1 Å². The second-order valence-corrected chi connectivity index (χ2v) is 7.29. The van der Waals surface area contributed by atoms with Gasteiger partial charge in [0.25, 0.3) is 0 Å². The Bertz CT molecular complexity index is 806. The number of hydrogen-bond donors (Lipinski definition) is 0. The van der Waals surface area contributed by atoms with Crippen LogP contribution in [0.25, 0.3) is 11.1 Å². The van der Waals surface area contributed by atoms with Gasteiger partial charge in [0.05, 0.1) is 0 Å². The molecule has 0 spiro atoms. The number of aryl methyl sites for hydroxylation is 1. The summed E-state index contributed by atoms with van der Waals surface area (Å²) in [6.07, 6.45) is 4.25. The van der Waals surface area contributed by atoms with Crippen LogP contribution < -0.4 is 0 Å². The molecular formula is C20H18ClNO2. The van der Waals surface area contributed by atoms with Crippen molar-refractivity contribution in [3.05, 3.63) is 52.8 Å². The van der Waals surface area contributed by atoms with Gasteiger partial charge in [-0.2, -0.15) is 0 Å². The first-order chi connectivity index (χ1) is 11.5. The molecule has 0 aliphatic heterocycles. The number of carbonyl (C=O) groups is 2. The van der Waals surface area contributed by atoms with E-state index in [0.29, 0.717) is 5.02 Å². The van der Waals surface area contributed by atoms with Crippen LogP contribution in [0.5, 0.6) is 0 Å². The van der Waals surface area contributed by atoms with Crippen molar-refractivity contribution in [1.29, 1.82) is 0 Å². The van der Waals surface area contributed by atoms with Crippen LogP contribution in [0.15, 0.2) is 36.5 Å².